The zero-order valence-electron chi connectivity index (χ0n) is 6.30. The van der Waals surface area contributed by atoms with E-state index in [1.54, 1.807) is 6.92 Å². The predicted octanol–water partition coefficient (Wildman–Crippen LogP) is -0.901. The van der Waals surface area contributed by atoms with Crippen molar-refractivity contribution in [2.75, 3.05) is 6.61 Å². The highest BCUT2D eigenvalue weighted by molar-refractivity contribution is 4.90. The van der Waals surface area contributed by atoms with Gasteiger partial charge >= 0.3 is 0 Å². The van der Waals surface area contributed by atoms with E-state index < -0.39 is 12.2 Å². The summed E-state index contributed by atoms with van der Waals surface area (Å²) in [5, 5.41) is 18.8. The molecule has 2 fully saturated rings. The summed E-state index contributed by atoms with van der Waals surface area (Å²) in [6.07, 6.45) is -2.14. The normalized spacial score (nSPS) is 56.5. The maximum absolute atomic E-state index is 9.42. The van der Waals surface area contributed by atoms with Crippen LogP contribution < -0.4 is 0 Å². The summed E-state index contributed by atoms with van der Waals surface area (Å²) in [5.41, 5.74) is 0. The lowest BCUT2D eigenvalue weighted by molar-refractivity contribution is -0.198. The Hall–Kier alpha value is -0.160. The van der Waals surface area contributed by atoms with Gasteiger partial charge in [-0.3, -0.25) is 0 Å². The van der Waals surface area contributed by atoms with Gasteiger partial charge in [-0.25, -0.2) is 0 Å². The van der Waals surface area contributed by atoms with Crippen molar-refractivity contribution in [2.24, 2.45) is 5.92 Å². The molecule has 0 aromatic carbocycles. The molecule has 5 atom stereocenters. The Balaban J connectivity index is 2.16. The fraction of sp³-hybridized carbons (Fsp3) is 1.00. The number of hydrogen-bond acceptors (Lipinski definition) is 4. The molecule has 0 amide bonds. The molecule has 2 saturated heterocycles. The van der Waals surface area contributed by atoms with Crippen LogP contribution in [0.1, 0.15) is 6.92 Å². The summed E-state index contributed by atoms with van der Waals surface area (Å²) in [6, 6.07) is 0. The zero-order chi connectivity index (χ0) is 8.01. The van der Waals surface area contributed by atoms with Gasteiger partial charge in [0.1, 0.15) is 12.2 Å². The number of aliphatic hydroxyl groups excluding tert-OH is 2. The van der Waals surface area contributed by atoms with Gasteiger partial charge in [0, 0.05) is 5.92 Å². The first-order chi connectivity index (χ1) is 5.20. The second-order valence-electron chi connectivity index (χ2n) is 3.22. The Labute approximate surface area is 64.7 Å². The molecule has 2 bridgehead atoms. The van der Waals surface area contributed by atoms with E-state index in [2.05, 4.69) is 0 Å². The fourth-order valence-corrected chi connectivity index (χ4v) is 1.59. The topological polar surface area (TPSA) is 58.9 Å². The van der Waals surface area contributed by atoms with Crippen LogP contribution in [0.4, 0.5) is 0 Å². The maximum atomic E-state index is 9.42. The molecule has 2 unspecified atom stereocenters. The minimum absolute atomic E-state index is 0.135. The molecule has 2 aliphatic rings. The van der Waals surface area contributed by atoms with Crippen LogP contribution in [0.15, 0.2) is 0 Å². The third kappa shape index (κ3) is 0.980. The molecule has 2 N–H and O–H groups in total. The van der Waals surface area contributed by atoms with Crippen molar-refractivity contribution in [1.82, 2.24) is 0 Å². The molecule has 0 saturated carbocycles. The van der Waals surface area contributed by atoms with E-state index in [4.69, 9.17) is 9.47 Å². The zero-order valence-corrected chi connectivity index (χ0v) is 6.30. The lowest BCUT2D eigenvalue weighted by Gasteiger charge is -2.33. The average Bonchev–Trinajstić information content (AvgIpc) is 2.44. The smallest absolute Gasteiger partial charge is 0.163 e. The van der Waals surface area contributed by atoms with Gasteiger partial charge in [-0.05, 0) is 0 Å². The molecule has 64 valence electrons. The SMILES string of the molecule is CC1[C@@H]2OCC(O2)[C@@H](O)[C@H]1O. The Morgan fingerprint density at radius 1 is 1.27 bits per heavy atom. The van der Waals surface area contributed by atoms with Crippen LogP contribution in [0.25, 0.3) is 0 Å². The van der Waals surface area contributed by atoms with E-state index in [-0.39, 0.29) is 18.3 Å². The summed E-state index contributed by atoms with van der Waals surface area (Å²) in [4.78, 5) is 0. The van der Waals surface area contributed by atoms with Crippen molar-refractivity contribution in [3.8, 4) is 0 Å². The minimum atomic E-state index is -0.788. The van der Waals surface area contributed by atoms with Crippen molar-refractivity contribution in [2.45, 2.75) is 31.5 Å². The highest BCUT2D eigenvalue weighted by Crippen LogP contribution is 2.31. The number of fused-ring (bicyclic) bond motifs is 2. The molecular formula is C7H12O4. The van der Waals surface area contributed by atoms with Crippen molar-refractivity contribution < 1.29 is 19.7 Å². The molecule has 0 spiro atoms. The van der Waals surface area contributed by atoms with E-state index in [0.717, 1.165) is 0 Å². The van der Waals surface area contributed by atoms with Crippen molar-refractivity contribution in [1.29, 1.82) is 0 Å². The van der Waals surface area contributed by atoms with E-state index >= 15 is 0 Å². The van der Waals surface area contributed by atoms with Gasteiger partial charge in [0.05, 0.1) is 12.7 Å². The van der Waals surface area contributed by atoms with Crippen molar-refractivity contribution in [3.63, 3.8) is 0 Å². The van der Waals surface area contributed by atoms with E-state index in [9.17, 15) is 10.2 Å². The number of aliphatic hydroxyl groups is 2. The molecule has 2 rings (SSSR count). The van der Waals surface area contributed by atoms with Gasteiger partial charge in [-0.2, -0.15) is 0 Å². The fourth-order valence-electron chi connectivity index (χ4n) is 1.59. The van der Waals surface area contributed by atoms with E-state index in [0.29, 0.717) is 6.61 Å². The maximum Gasteiger partial charge on any atom is 0.163 e. The van der Waals surface area contributed by atoms with Crippen LogP contribution in [-0.2, 0) is 9.47 Å². The summed E-state index contributed by atoms with van der Waals surface area (Å²) < 4.78 is 10.4. The first kappa shape index (κ1) is 7.49. The van der Waals surface area contributed by atoms with Gasteiger partial charge in [0.25, 0.3) is 0 Å². The van der Waals surface area contributed by atoms with Crippen molar-refractivity contribution >= 4 is 0 Å². The van der Waals surface area contributed by atoms with Crippen LogP contribution in [0.5, 0.6) is 0 Å². The summed E-state index contributed by atoms with van der Waals surface area (Å²) in [6.45, 7) is 2.20. The lowest BCUT2D eigenvalue weighted by atomic mass is 9.94. The number of rotatable bonds is 0. The predicted molar refractivity (Wildman–Crippen MR) is 35.8 cm³/mol. The molecule has 0 aromatic rings. The summed E-state index contributed by atoms with van der Waals surface area (Å²) in [7, 11) is 0. The van der Waals surface area contributed by atoms with E-state index in [1.807, 2.05) is 0 Å². The van der Waals surface area contributed by atoms with Gasteiger partial charge in [-0.15, -0.1) is 0 Å². The number of ether oxygens (including phenoxy) is 2. The average molecular weight is 160 g/mol. The molecule has 11 heavy (non-hydrogen) atoms. The molecule has 4 nitrogen and oxygen atoms in total. The monoisotopic (exact) mass is 160 g/mol. The van der Waals surface area contributed by atoms with Gasteiger partial charge in [0.15, 0.2) is 6.29 Å². The van der Waals surface area contributed by atoms with Crippen LogP contribution in [0.3, 0.4) is 0 Å². The molecule has 0 aliphatic carbocycles. The molecular weight excluding hydrogens is 148 g/mol. The van der Waals surface area contributed by atoms with Crippen LogP contribution in [-0.4, -0.2) is 41.4 Å². The molecule has 2 heterocycles. The molecule has 4 heteroatoms. The van der Waals surface area contributed by atoms with E-state index in [1.165, 1.54) is 0 Å². The molecule has 2 aliphatic heterocycles. The Kier molecular flexibility index (Phi) is 1.64. The Morgan fingerprint density at radius 3 is 2.73 bits per heavy atom. The van der Waals surface area contributed by atoms with Crippen LogP contribution >= 0.6 is 0 Å². The van der Waals surface area contributed by atoms with Crippen LogP contribution in [0.2, 0.25) is 0 Å². The standard InChI is InChI=1S/C7H12O4/c1-3-5(8)6(9)4-2-10-7(3)11-4/h3-9H,2H2,1H3/t3?,4?,5-,6+,7+/m0/s1. The molecule has 0 aromatic heterocycles. The largest absolute Gasteiger partial charge is 0.390 e. The summed E-state index contributed by atoms with van der Waals surface area (Å²) in [5.74, 6) is -0.135. The Bertz CT molecular complexity index is 141. The van der Waals surface area contributed by atoms with Crippen molar-refractivity contribution in [3.05, 3.63) is 0 Å². The van der Waals surface area contributed by atoms with Gasteiger partial charge in [-0.1, -0.05) is 6.92 Å². The quantitative estimate of drug-likeness (QED) is 0.482. The highest BCUT2D eigenvalue weighted by Gasteiger charge is 2.47. The second kappa shape index (κ2) is 2.42. The Morgan fingerprint density at radius 2 is 2.00 bits per heavy atom. The summed E-state index contributed by atoms with van der Waals surface area (Å²) >= 11 is 0. The molecule has 0 radical (unpaired) electrons. The minimum Gasteiger partial charge on any atom is -0.390 e. The lowest BCUT2D eigenvalue weighted by Crippen LogP contribution is -2.49. The first-order valence-electron chi connectivity index (χ1n) is 3.83. The second-order valence-corrected chi connectivity index (χ2v) is 3.22. The first-order valence-corrected chi connectivity index (χ1v) is 3.83. The number of hydrogen-bond donors (Lipinski definition) is 2. The van der Waals surface area contributed by atoms with Crippen LogP contribution in [0, 0.1) is 5.92 Å². The van der Waals surface area contributed by atoms with Gasteiger partial charge < -0.3 is 19.7 Å². The highest BCUT2D eigenvalue weighted by atomic mass is 16.7. The third-order valence-electron chi connectivity index (χ3n) is 2.43. The third-order valence-corrected chi connectivity index (χ3v) is 2.43. The van der Waals surface area contributed by atoms with Gasteiger partial charge in [0.2, 0.25) is 0 Å².